The van der Waals surface area contributed by atoms with E-state index in [-0.39, 0.29) is 0 Å². The monoisotopic (exact) mass is 307 g/mol. The third-order valence-electron chi connectivity index (χ3n) is 3.04. The van der Waals surface area contributed by atoms with E-state index in [0.29, 0.717) is 18.4 Å². The molecule has 0 spiro atoms. The molecule has 1 aliphatic rings. The van der Waals surface area contributed by atoms with E-state index in [1.807, 2.05) is 12.1 Å². The molecule has 94 valence electrons. The molecular formula is C13H14BrN3O. The molecule has 1 aromatic heterocycles. The van der Waals surface area contributed by atoms with Gasteiger partial charge in [-0.25, -0.2) is 0 Å². The number of nitrogens with zero attached hydrogens (tertiary/aromatic N) is 2. The molecule has 1 aliphatic carbocycles. The minimum Gasteiger partial charge on any atom is -0.376 e. The van der Waals surface area contributed by atoms with Crippen LogP contribution in [0.4, 0.5) is 5.69 Å². The Balaban J connectivity index is 1.63. The molecule has 0 atom stereocenters. The summed E-state index contributed by atoms with van der Waals surface area (Å²) in [4.78, 5) is 4.38. The van der Waals surface area contributed by atoms with Crippen molar-refractivity contribution in [2.45, 2.75) is 32.2 Å². The van der Waals surface area contributed by atoms with Gasteiger partial charge in [0.1, 0.15) is 0 Å². The fraction of sp³-hybridized carbons (Fsp3) is 0.385. The van der Waals surface area contributed by atoms with E-state index < -0.39 is 0 Å². The molecule has 1 saturated carbocycles. The van der Waals surface area contributed by atoms with Crippen LogP contribution in [0.15, 0.2) is 27.2 Å². The van der Waals surface area contributed by atoms with Crippen LogP contribution in [0.1, 0.15) is 36.0 Å². The maximum atomic E-state index is 5.21. The van der Waals surface area contributed by atoms with Gasteiger partial charge in [-0.05, 0) is 37.5 Å². The van der Waals surface area contributed by atoms with Crippen molar-refractivity contribution < 1.29 is 4.52 Å². The smallest absolute Gasteiger partial charge is 0.245 e. The van der Waals surface area contributed by atoms with Gasteiger partial charge in [0.05, 0.1) is 6.54 Å². The number of halogens is 1. The lowest BCUT2D eigenvalue weighted by Crippen LogP contribution is -2.00. The first-order valence-corrected chi connectivity index (χ1v) is 6.84. The lowest BCUT2D eigenvalue weighted by molar-refractivity contribution is 0.378. The van der Waals surface area contributed by atoms with Gasteiger partial charge in [0.25, 0.3) is 0 Å². The summed E-state index contributed by atoms with van der Waals surface area (Å²) in [5, 5.41) is 7.26. The summed E-state index contributed by atoms with van der Waals surface area (Å²) in [6, 6.07) is 6.15. The van der Waals surface area contributed by atoms with E-state index in [2.05, 4.69) is 44.4 Å². The van der Waals surface area contributed by atoms with Crippen LogP contribution in [0.5, 0.6) is 0 Å². The van der Waals surface area contributed by atoms with E-state index in [0.717, 1.165) is 16.0 Å². The second-order valence-corrected chi connectivity index (χ2v) is 5.49. The molecule has 5 heteroatoms. The molecule has 1 fully saturated rings. The zero-order valence-corrected chi connectivity index (χ0v) is 11.7. The molecular weight excluding hydrogens is 294 g/mol. The number of hydrogen-bond acceptors (Lipinski definition) is 4. The fourth-order valence-corrected chi connectivity index (χ4v) is 2.11. The van der Waals surface area contributed by atoms with Crippen LogP contribution < -0.4 is 5.32 Å². The second kappa shape index (κ2) is 4.72. The maximum Gasteiger partial charge on any atom is 0.245 e. The van der Waals surface area contributed by atoms with Crippen molar-refractivity contribution in [3.8, 4) is 0 Å². The number of aromatic nitrogens is 2. The lowest BCUT2D eigenvalue weighted by atomic mass is 10.2. The van der Waals surface area contributed by atoms with Gasteiger partial charge in [-0.3, -0.25) is 0 Å². The Bertz CT molecular complexity index is 563. The number of rotatable bonds is 4. The molecule has 2 aromatic rings. The average molecular weight is 308 g/mol. The van der Waals surface area contributed by atoms with Crippen molar-refractivity contribution in [2.75, 3.05) is 5.32 Å². The summed E-state index contributed by atoms with van der Waals surface area (Å²) < 4.78 is 6.30. The first-order valence-electron chi connectivity index (χ1n) is 6.05. The Kier molecular flexibility index (Phi) is 3.07. The average Bonchev–Trinajstić information content (AvgIpc) is 3.11. The quantitative estimate of drug-likeness (QED) is 0.937. The van der Waals surface area contributed by atoms with Crippen molar-refractivity contribution in [2.24, 2.45) is 0 Å². The predicted molar refractivity (Wildman–Crippen MR) is 72.5 cm³/mol. The number of anilines is 1. The van der Waals surface area contributed by atoms with Crippen LogP contribution in [-0.2, 0) is 6.54 Å². The molecule has 0 bridgehead atoms. The van der Waals surface area contributed by atoms with Gasteiger partial charge in [-0.15, -0.1) is 0 Å². The number of aryl methyl sites for hydroxylation is 1. The van der Waals surface area contributed by atoms with Gasteiger partial charge < -0.3 is 9.84 Å². The van der Waals surface area contributed by atoms with Crippen molar-refractivity contribution in [1.29, 1.82) is 0 Å². The third kappa shape index (κ3) is 2.56. The van der Waals surface area contributed by atoms with Gasteiger partial charge in [0.15, 0.2) is 5.82 Å². The van der Waals surface area contributed by atoms with Gasteiger partial charge in [0.2, 0.25) is 5.89 Å². The van der Waals surface area contributed by atoms with Crippen molar-refractivity contribution in [3.63, 3.8) is 0 Å². The van der Waals surface area contributed by atoms with E-state index in [4.69, 9.17) is 4.52 Å². The highest BCUT2D eigenvalue weighted by Crippen LogP contribution is 2.38. The molecule has 1 N–H and O–H groups in total. The van der Waals surface area contributed by atoms with Gasteiger partial charge >= 0.3 is 0 Å². The molecule has 4 nitrogen and oxygen atoms in total. The van der Waals surface area contributed by atoms with Gasteiger partial charge in [-0.1, -0.05) is 27.2 Å². The van der Waals surface area contributed by atoms with E-state index in [9.17, 15) is 0 Å². The summed E-state index contributed by atoms with van der Waals surface area (Å²) in [6.45, 7) is 2.63. The predicted octanol–water partition coefficient (Wildman–Crippen LogP) is 3.63. The largest absolute Gasteiger partial charge is 0.376 e. The van der Waals surface area contributed by atoms with E-state index in [1.54, 1.807) is 0 Å². The molecule has 0 radical (unpaired) electrons. The zero-order valence-electron chi connectivity index (χ0n) is 10.1. The molecule has 0 unspecified atom stereocenters. The standard InChI is InChI=1S/C13H14BrN3O/c1-8-2-5-10(6-11(8)14)15-7-12-16-13(17-18-12)9-3-4-9/h2,5-6,9,15H,3-4,7H2,1H3. The van der Waals surface area contributed by atoms with Gasteiger partial charge in [0, 0.05) is 16.1 Å². The Hall–Kier alpha value is -1.36. The topological polar surface area (TPSA) is 51.0 Å². The number of nitrogens with one attached hydrogen (secondary N) is 1. The molecule has 3 rings (SSSR count). The van der Waals surface area contributed by atoms with Crippen molar-refractivity contribution >= 4 is 21.6 Å². The summed E-state index contributed by atoms with van der Waals surface area (Å²) in [7, 11) is 0. The molecule has 18 heavy (non-hydrogen) atoms. The van der Waals surface area contributed by atoms with Crippen LogP contribution in [0.2, 0.25) is 0 Å². The minimum absolute atomic E-state index is 0.538. The molecule has 1 heterocycles. The van der Waals surface area contributed by atoms with Crippen LogP contribution in [0.25, 0.3) is 0 Å². The molecule has 0 aliphatic heterocycles. The summed E-state index contributed by atoms with van der Waals surface area (Å²) in [6.07, 6.45) is 2.38. The number of benzene rings is 1. The normalized spacial score (nSPS) is 14.8. The third-order valence-corrected chi connectivity index (χ3v) is 3.90. The minimum atomic E-state index is 0.538. The highest BCUT2D eigenvalue weighted by Gasteiger charge is 2.28. The Morgan fingerprint density at radius 1 is 1.44 bits per heavy atom. The molecule has 1 aromatic carbocycles. The second-order valence-electron chi connectivity index (χ2n) is 4.64. The Morgan fingerprint density at radius 3 is 3.00 bits per heavy atom. The van der Waals surface area contributed by atoms with Crippen molar-refractivity contribution in [1.82, 2.24) is 10.1 Å². The molecule has 0 amide bonds. The van der Waals surface area contributed by atoms with Crippen LogP contribution in [0, 0.1) is 6.92 Å². The first kappa shape index (κ1) is 11.7. The SMILES string of the molecule is Cc1ccc(NCc2nc(C3CC3)no2)cc1Br. The maximum absolute atomic E-state index is 5.21. The van der Waals surface area contributed by atoms with E-state index in [1.165, 1.54) is 18.4 Å². The molecule has 0 saturated heterocycles. The number of hydrogen-bond donors (Lipinski definition) is 1. The summed E-state index contributed by atoms with van der Waals surface area (Å²) in [5.41, 5.74) is 2.26. The summed E-state index contributed by atoms with van der Waals surface area (Å²) >= 11 is 3.51. The Morgan fingerprint density at radius 2 is 2.28 bits per heavy atom. The van der Waals surface area contributed by atoms with Crippen LogP contribution in [-0.4, -0.2) is 10.1 Å². The van der Waals surface area contributed by atoms with Crippen molar-refractivity contribution in [3.05, 3.63) is 40.0 Å². The zero-order chi connectivity index (χ0) is 12.5. The highest BCUT2D eigenvalue weighted by molar-refractivity contribution is 9.10. The highest BCUT2D eigenvalue weighted by atomic mass is 79.9. The first-order chi connectivity index (χ1) is 8.72. The van der Waals surface area contributed by atoms with Gasteiger partial charge in [-0.2, -0.15) is 4.98 Å². The lowest BCUT2D eigenvalue weighted by Gasteiger charge is -2.05. The fourth-order valence-electron chi connectivity index (χ4n) is 1.73. The summed E-state index contributed by atoms with van der Waals surface area (Å²) in [5.74, 6) is 2.04. The Labute approximate surface area is 114 Å². The van der Waals surface area contributed by atoms with Crippen LogP contribution >= 0.6 is 15.9 Å². The van der Waals surface area contributed by atoms with E-state index >= 15 is 0 Å². The van der Waals surface area contributed by atoms with Crippen LogP contribution in [0.3, 0.4) is 0 Å².